The van der Waals surface area contributed by atoms with Gasteiger partial charge in [0.2, 0.25) is 0 Å². The first kappa shape index (κ1) is 24.6. The van der Waals surface area contributed by atoms with Gasteiger partial charge in [-0.05, 0) is 36.4 Å². The number of halogens is 4. The van der Waals surface area contributed by atoms with E-state index in [1.54, 1.807) is 11.0 Å². The molecule has 12 heteroatoms. The monoisotopic (exact) mass is 498 g/mol. The first-order chi connectivity index (χ1) is 17.2. The molecular formula is C24H18F4N6O2. The van der Waals surface area contributed by atoms with Crippen LogP contribution in [0.4, 0.5) is 29.1 Å². The molecule has 1 saturated heterocycles. The predicted molar refractivity (Wildman–Crippen MR) is 121 cm³/mol. The Labute approximate surface area is 202 Å². The summed E-state index contributed by atoms with van der Waals surface area (Å²) < 4.78 is 53.5. The van der Waals surface area contributed by atoms with Crippen LogP contribution in [0.3, 0.4) is 0 Å². The molecule has 0 aliphatic carbocycles. The maximum absolute atomic E-state index is 13.7. The van der Waals surface area contributed by atoms with E-state index >= 15 is 0 Å². The van der Waals surface area contributed by atoms with Crippen molar-refractivity contribution in [2.75, 3.05) is 36.4 Å². The van der Waals surface area contributed by atoms with E-state index in [1.807, 2.05) is 0 Å². The molecule has 2 heterocycles. The van der Waals surface area contributed by atoms with Crippen molar-refractivity contribution in [3.8, 4) is 6.07 Å². The van der Waals surface area contributed by atoms with Crippen LogP contribution in [0.5, 0.6) is 0 Å². The Morgan fingerprint density at radius 3 is 2.31 bits per heavy atom. The minimum absolute atomic E-state index is 0.00117. The standard InChI is InChI=1S/C24H18F4N6O2/c25-18-6-3-7-19(16(18)14-29)30-22(35)20-8-9-21(32-31-20)33-10-12-34(13-11-33)23(36)15-4-1-2-5-17(15)24(26,27)28/h1-9H,10-13H2,(H,30,35). The summed E-state index contributed by atoms with van der Waals surface area (Å²) in [6, 6.07) is 13.1. The molecule has 0 saturated carbocycles. The summed E-state index contributed by atoms with van der Waals surface area (Å²) in [4.78, 5) is 28.3. The summed E-state index contributed by atoms with van der Waals surface area (Å²) in [5.74, 6) is -1.74. The van der Waals surface area contributed by atoms with E-state index in [2.05, 4.69) is 15.5 Å². The van der Waals surface area contributed by atoms with E-state index in [0.29, 0.717) is 18.9 Å². The molecule has 1 fully saturated rings. The van der Waals surface area contributed by atoms with Crippen LogP contribution in [0, 0.1) is 17.1 Å². The largest absolute Gasteiger partial charge is 0.417 e. The molecule has 1 N–H and O–H groups in total. The summed E-state index contributed by atoms with van der Waals surface area (Å²) >= 11 is 0. The summed E-state index contributed by atoms with van der Waals surface area (Å²) in [6.45, 7) is 0.945. The normalized spacial score (nSPS) is 13.8. The fourth-order valence-corrected chi connectivity index (χ4v) is 3.77. The zero-order chi connectivity index (χ0) is 25.9. The van der Waals surface area contributed by atoms with Crippen molar-refractivity contribution in [1.29, 1.82) is 5.26 Å². The molecule has 0 spiro atoms. The molecule has 2 aromatic carbocycles. The number of piperazine rings is 1. The van der Waals surface area contributed by atoms with Crippen LogP contribution in [-0.4, -0.2) is 53.1 Å². The minimum Gasteiger partial charge on any atom is -0.352 e. The van der Waals surface area contributed by atoms with Gasteiger partial charge >= 0.3 is 6.18 Å². The summed E-state index contributed by atoms with van der Waals surface area (Å²) in [6.07, 6.45) is -4.64. The highest BCUT2D eigenvalue weighted by Crippen LogP contribution is 2.32. The molecular weight excluding hydrogens is 480 g/mol. The summed E-state index contributed by atoms with van der Waals surface area (Å²) in [5, 5.41) is 19.4. The summed E-state index contributed by atoms with van der Waals surface area (Å²) in [7, 11) is 0. The highest BCUT2D eigenvalue weighted by atomic mass is 19.4. The van der Waals surface area contributed by atoms with Gasteiger partial charge in [0.05, 0.1) is 16.8 Å². The molecule has 4 rings (SSSR count). The van der Waals surface area contributed by atoms with Gasteiger partial charge in [-0.3, -0.25) is 9.59 Å². The number of rotatable bonds is 4. The van der Waals surface area contributed by atoms with Crippen molar-refractivity contribution >= 4 is 23.3 Å². The van der Waals surface area contributed by atoms with Gasteiger partial charge in [-0.1, -0.05) is 18.2 Å². The first-order valence-corrected chi connectivity index (χ1v) is 10.7. The van der Waals surface area contributed by atoms with E-state index in [-0.39, 0.29) is 30.0 Å². The van der Waals surface area contributed by atoms with Crippen molar-refractivity contribution in [3.63, 3.8) is 0 Å². The maximum atomic E-state index is 13.7. The van der Waals surface area contributed by atoms with E-state index in [4.69, 9.17) is 5.26 Å². The molecule has 3 aromatic rings. The molecule has 2 amide bonds. The minimum atomic E-state index is -4.64. The molecule has 1 aliphatic heterocycles. The third kappa shape index (κ3) is 5.10. The van der Waals surface area contributed by atoms with Crippen molar-refractivity contribution in [3.05, 3.63) is 82.8 Å². The topological polar surface area (TPSA) is 102 Å². The first-order valence-electron chi connectivity index (χ1n) is 10.7. The number of hydrogen-bond donors (Lipinski definition) is 1. The number of nitrogens with zero attached hydrogens (tertiary/aromatic N) is 5. The van der Waals surface area contributed by atoms with Gasteiger partial charge in [-0.25, -0.2) is 4.39 Å². The highest BCUT2D eigenvalue weighted by molar-refractivity contribution is 6.03. The van der Waals surface area contributed by atoms with Gasteiger partial charge in [0, 0.05) is 26.2 Å². The molecule has 8 nitrogen and oxygen atoms in total. The van der Waals surface area contributed by atoms with Crippen LogP contribution in [0.25, 0.3) is 0 Å². The van der Waals surface area contributed by atoms with E-state index < -0.39 is 34.9 Å². The molecule has 0 unspecified atom stereocenters. The molecule has 0 atom stereocenters. The average molecular weight is 498 g/mol. The number of hydrogen-bond acceptors (Lipinski definition) is 6. The molecule has 184 valence electrons. The van der Waals surface area contributed by atoms with E-state index in [9.17, 15) is 27.2 Å². The second kappa shape index (κ2) is 9.99. The van der Waals surface area contributed by atoms with Crippen LogP contribution in [0.1, 0.15) is 32.0 Å². The Kier molecular flexibility index (Phi) is 6.82. The zero-order valence-corrected chi connectivity index (χ0v) is 18.6. The van der Waals surface area contributed by atoms with Crippen LogP contribution in [0.2, 0.25) is 0 Å². The van der Waals surface area contributed by atoms with Crippen LogP contribution in [0.15, 0.2) is 54.6 Å². The molecule has 1 aliphatic rings. The van der Waals surface area contributed by atoms with Crippen LogP contribution in [-0.2, 0) is 6.18 Å². The van der Waals surface area contributed by atoms with Crippen LogP contribution < -0.4 is 10.2 Å². The number of nitriles is 1. The Hall–Kier alpha value is -4.53. The number of carbonyl (C=O) groups excluding carboxylic acids is 2. The number of amides is 2. The van der Waals surface area contributed by atoms with Gasteiger partial charge < -0.3 is 15.1 Å². The van der Waals surface area contributed by atoms with Crippen molar-refractivity contribution in [1.82, 2.24) is 15.1 Å². The second-order valence-electron chi connectivity index (χ2n) is 7.83. The highest BCUT2D eigenvalue weighted by Gasteiger charge is 2.36. The quantitative estimate of drug-likeness (QED) is 0.551. The number of carbonyl (C=O) groups is 2. The Morgan fingerprint density at radius 2 is 1.67 bits per heavy atom. The lowest BCUT2D eigenvalue weighted by atomic mass is 10.1. The van der Waals surface area contributed by atoms with Crippen molar-refractivity contribution in [2.24, 2.45) is 0 Å². The van der Waals surface area contributed by atoms with E-state index in [1.165, 1.54) is 41.3 Å². The number of anilines is 2. The summed E-state index contributed by atoms with van der Waals surface area (Å²) in [5.41, 5.74) is -1.74. The van der Waals surface area contributed by atoms with Crippen LogP contribution >= 0.6 is 0 Å². The third-order valence-corrected chi connectivity index (χ3v) is 5.61. The van der Waals surface area contributed by atoms with Crippen molar-refractivity contribution in [2.45, 2.75) is 6.18 Å². The Morgan fingerprint density at radius 1 is 0.944 bits per heavy atom. The lowest BCUT2D eigenvalue weighted by Crippen LogP contribution is -2.49. The fraction of sp³-hybridized carbons (Fsp3) is 0.208. The third-order valence-electron chi connectivity index (χ3n) is 5.61. The Bertz CT molecular complexity index is 1330. The number of alkyl halides is 3. The molecule has 36 heavy (non-hydrogen) atoms. The van der Waals surface area contributed by atoms with E-state index in [0.717, 1.165) is 18.2 Å². The van der Waals surface area contributed by atoms with Gasteiger partial charge in [-0.2, -0.15) is 18.4 Å². The van der Waals surface area contributed by atoms with Crippen molar-refractivity contribution < 1.29 is 27.2 Å². The fourth-order valence-electron chi connectivity index (χ4n) is 3.77. The molecule has 1 aromatic heterocycles. The SMILES string of the molecule is N#Cc1c(F)cccc1NC(=O)c1ccc(N2CCN(C(=O)c3ccccc3C(F)(F)F)CC2)nn1. The number of aromatic nitrogens is 2. The maximum Gasteiger partial charge on any atom is 0.417 e. The van der Waals surface area contributed by atoms with Gasteiger partial charge in [0.1, 0.15) is 17.4 Å². The van der Waals surface area contributed by atoms with Gasteiger partial charge in [-0.15, -0.1) is 10.2 Å². The lowest BCUT2D eigenvalue weighted by Gasteiger charge is -2.35. The average Bonchev–Trinajstić information content (AvgIpc) is 2.88. The number of benzene rings is 2. The lowest BCUT2D eigenvalue weighted by molar-refractivity contribution is -0.138. The predicted octanol–water partition coefficient (Wildman–Crippen LogP) is 3.72. The second-order valence-corrected chi connectivity index (χ2v) is 7.83. The van der Waals surface area contributed by atoms with Gasteiger partial charge in [0.25, 0.3) is 11.8 Å². The Balaban J connectivity index is 1.39. The molecule has 0 radical (unpaired) electrons. The smallest absolute Gasteiger partial charge is 0.352 e. The number of nitrogens with one attached hydrogen (secondary N) is 1. The van der Waals surface area contributed by atoms with Gasteiger partial charge in [0.15, 0.2) is 11.5 Å². The zero-order valence-electron chi connectivity index (χ0n) is 18.6. The molecule has 0 bridgehead atoms.